The van der Waals surface area contributed by atoms with Crippen LogP contribution in [0.2, 0.25) is 15.1 Å². The van der Waals surface area contributed by atoms with Crippen LogP contribution in [0.1, 0.15) is 144 Å². The SMILES string of the molecule is CCC.CCOc1ccc(Cc2cc([C@@H]3O[C@H](CC)[C@@H](C)[C@H](OC(C)=O)[C@H]3OC(C)=O)ccc2Cl)cc1.CCOc1ccc(Cc2cc([C@@H]3O[C@H](CO)[C@@H](O)[C@H](O)[C@H]3O)ccc2Cl)cc1.CCOc1ccc(Cc2cc([C@@H]3O[C@H](CO)[C@@H](O)[C@H](O)[C@H]3O)ccc2Cl)cc1. The number of carbonyl (C=O) groups excluding carboxylic acids is 2. The maximum absolute atomic E-state index is 12.0. The van der Waals surface area contributed by atoms with Crippen molar-refractivity contribution in [1.82, 2.24) is 0 Å². The van der Waals surface area contributed by atoms with Crippen molar-refractivity contribution in [2.75, 3.05) is 33.0 Å². The quantitative estimate of drug-likeness (QED) is 0.0330. The Balaban J connectivity index is 0.000000218. The van der Waals surface area contributed by atoms with Crippen molar-refractivity contribution in [3.63, 3.8) is 0 Å². The molecule has 3 aliphatic heterocycles. The number of esters is 2. The molecule has 0 aromatic heterocycles. The molecule has 0 spiro atoms. The van der Waals surface area contributed by atoms with Gasteiger partial charge in [0.2, 0.25) is 0 Å². The lowest BCUT2D eigenvalue weighted by molar-refractivity contribution is -0.231. The largest absolute Gasteiger partial charge is 0.494 e. The molecule has 0 unspecified atom stereocenters. The van der Waals surface area contributed by atoms with Gasteiger partial charge in [-0.05, 0) is 151 Å². The molecule has 0 amide bonds. The molecule has 9 rings (SSSR count). The predicted molar refractivity (Wildman–Crippen MR) is 355 cm³/mol. The van der Waals surface area contributed by atoms with E-state index < -0.39 is 105 Å². The zero-order valence-electron chi connectivity index (χ0n) is 54.1. The first kappa shape index (κ1) is 76.1. The van der Waals surface area contributed by atoms with Crippen molar-refractivity contribution < 1.29 is 88.3 Å². The van der Waals surface area contributed by atoms with E-state index in [4.69, 9.17) is 72.7 Å². The Morgan fingerprint density at radius 1 is 0.419 bits per heavy atom. The second-order valence-electron chi connectivity index (χ2n) is 23.0. The minimum absolute atomic E-state index is 0.134. The van der Waals surface area contributed by atoms with Crippen molar-refractivity contribution >= 4 is 46.7 Å². The fraction of sp³-hybridized carbons (Fsp3) is 0.472. The zero-order chi connectivity index (χ0) is 68.1. The third-order valence-corrected chi connectivity index (χ3v) is 17.0. The summed E-state index contributed by atoms with van der Waals surface area (Å²) < 4.78 is 45.4. The third-order valence-electron chi connectivity index (χ3n) is 15.9. The Morgan fingerprint density at radius 3 is 1.01 bits per heavy atom. The molecule has 3 saturated heterocycles. The van der Waals surface area contributed by atoms with Crippen LogP contribution >= 0.6 is 34.8 Å². The molecule has 3 fully saturated rings. The van der Waals surface area contributed by atoms with E-state index in [0.29, 0.717) is 65.3 Å². The summed E-state index contributed by atoms with van der Waals surface area (Å²) >= 11 is 19.2. The van der Waals surface area contributed by atoms with Gasteiger partial charge in [-0.3, -0.25) is 9.59 Å². The summed E-state index contributed by atoms with van der Waals surface area (Å²) in [6.07, 6.45) is -10.3. The normalized spacial score (nSPS) is 25.7. The molecule has 3 aliphatic rings. The summed E-state index contributed by atoms with van der Waals surface area (Å²) in [6.45, 7) is 17.6. The topological polar surface area (TPSA) is 270 Å². The predicted octanol–water partition coefficient (Wildman–Crippen LogP) is 10.8. The Kier molecular flexibility index (Phi) is 30.6. The Morgan fingerprint density at radius 2 is 0.720 bits per heavy atom. The van der Waals surface area contributed by atoms with Gasteiger partial charge in [0.05, 0.1) is 39.1 Å². The monoisotopic (exact) mass is 1350 g/mol. The molecule has 6 aromatic rings. The zero-order valence-corrected chi connectivity index (χ0v) is 56.4. The van der Waals surface area contributed by atoms with Crippen molar-refractivity contribution in [3.05, 3.63) is 193 Å². The average molecular weight is 1350 g/mol. The number of carbonyl (C=O) groups is 2. The first-order chi connectivity index (χ1) is 44.5. The number of rotatable bonds is 20. The summed E-state index contributed by atoms with van der Waals surface area (Å²) in [5.41, 5.74) is 7.79. The van der Waals surface area contributed by atoms with E-state index >= 15 is 0 Å². The van der Waals surface area contributed by atoms with Crippen LogP contribution in [0.5, 0.6) is 17.2 Å². The summed E-state index contributed by atoms with van der Waals surface area (Å²) in [7, 11) is 0. The highest BCUT2D eigenvalue weighted by atomic mass is 35.5. The molecule has 8 N–H and O–H groups in total. The van der Waals surface area contributed by atoms with Crippen molar-refractivity contribution in [1.29, 1.82) is 0 Å². The lowest BCUT2D eigenvalue weighted by Gasteiger charge is -2.44. The highest BCUT2D eigenvalue weighted by Crippen LogP contribution is 2.42. The van der Waals surface area contributed by atoms with Crippen LogP contribution in [0.4, 0.5) is 0 Å². The van der Waals surface area contributed by atoms with Crippen LogP contribution in [0.3, 0.4) is 0 Å². The summed E-state index contributed by atoms with van der Waals surface area (Å²) in [5, 5.41) is 81.2. The van der Waals surface area contributed by atoms with E-state index in [1.54, 1.807) is 24.3 Å². The average Bonchev–Trinajstić information content (AvgIpc) is 0.800. The number of hydrogen-bond donors (Lipinski definition) is 8. The van der Waals surface area contributed by atoms with Gasteiger partial charge in [-0.1, -0.05) is 142 Å². The van der Waals surface area contributed by atoms with Gasteiger partial charge in [-0.25, -0.2) is 0 Å². The molecule has 6 aromatic carbocycles. The molecule has 93 heavy (non-hydrogen) atoms. The Labute approximate surface area is 560 Å². The van der Waals surface area contributed by atoms with E-state index in [-0.39, 0.29) is 12.0 Å². The molecule has 508 valence electrons. The van der Waals surface area contributed by atoms with Gasteiger partial charge in [0.15, 0.2) is 6.10 Å². The van der Waals surface area contributed by atoms with Gasteiger partial charge in [0, 0.05) is 34.8 Å². The second kappa shape index (κ2) is 37.4. The molecule has 0 bridgehead atoms. The standard InChI is InChI=1S/C27H33ClO6.2C21H25ClO6.C3H8/c1-6-24-16(3)25(32-17(4)29)27(33-18(5)30)26(34-24)20-10-13-23(28)21(15-20)14-19-8-11-22(12-9-19)31-7-2;2*1-2-27-15-6-3-12(4-7-15)9-14-10-13(5-8-16(14)22)21-20(26)19(25)18(24)17(11-23)28-21;1-3-2/h8-13,15-16,24-27H,6-7,14H2,1-5H3;2*3-8,10,17-21,23-26H,2,9,11H2,1H3;3H2,1-2H3/t16-,24-,25+,26+,27-;2*17-,18-,19+,20-,21+;/m111./s1. The van der Waals surface area contributed by atoms with Crippen LogP contribution < -0.4 is 14.2 Å². The van der Waals surface area contributed by atoms with Crippen molar-refractivity contribution in [2.45, 2.75) is 180 Å². The lowest BCUT2D eigenvalue weighted by atomic mass is 9.84. The van der Waals surface area contributed by atoms with Crippen molar-refractivity contribution in [2.24, 2.45) is 5.92 Å². The molecule has 0 radical (unpaired) electrons. The maximum atomic E-state index is 12.0. The van der Waals surface area contributed by atoms with E-state index in [0.717, 1.165) is 62.6 Å². The fourth-order valence-corrected chi connectivity index (χ4v) is 11.8. The molecular weight excluding hydrogens is 1260 g/mol. The molecule has 21 heteroatoms. The first-order valence-electron chi connectivity index (χ1n) is 31.6. The molecule has 18 nitrogen and oxygen atoms in total. The highest BCUT2D eigenvalue weighted by molar-refractivity contribution is 6.32. The van der Waals surface area contributed by atoms with Crippen LogP contribution in [0.25, 0.3) is 0 Å². The maximum Gasteiger partial charge on any atom is 0.303 e. The summed E-state index contributed by atoms with van der Waals surface area (Å²) in [6, 6.07) is 39.5. The molecular formula is C72H91Cl3O18. The molecule has 0 aliphatic carbocycles. The van der Waals surface area contributed by atoms with Gasteiger partial charge in [0.25, 0.3) is 0 Å². The molecule has 0 saturated carbocycles. The number of aliphatic hydroxyl groups is 8. The summed E-state index contributed by atoms with van der Waals surface area (Å²) in [4.78, 5) is 23.8. The highest BCUT2D eigenvalue weighted by Gasteiger charge is 2.49. The number of hydrogen-bond acceptors (Lipinski definition) is 18. The second-order valence-corrected chi connectivity index (χ2v) is 24.3. The van der Waals surface area contributed by atoms with Gasteiger partial charge < -0.3 is 78.7 Å². The number of benzene rings is 6. The Bertz CT molecular complexity index is 3110. The number of aliphatic hydroxyl groups excluding tert-OH is 8. The van der Waals surface area contributed by atoms with E-state index in [1.807, 2.05) is 138 Å². The van der Waals surface area contributed by atoms with Crippen LogP contribution in [0, 0.1) is 5.92 Å². The number of halogens is 3. The van der Waals surface area contributed by atoms with E-state index in [9.17, 15) is 50.4 Å². The lowest BCUT2D eigenvalue weighted by Crippen LogP contribution is -2.55. The van der Waals surface area contributed by atoms with Crippen LogP contribution in [-0.2, 0) is 52.5 Å². The van der Waals surface area contributed by atoms with Crippen LogP contribution in [0.15, 0.2) is 127 Å². The van der Waals surface area contributed by atoms with Crippen LogP contribution in [-0.4, -0.2) is 153 Å². The molecule has 3 heterocycles. The Hall–Kier alpha value is -5.91. The summed E-state index contributed by atoms with van der Waals surface area (Å²) in [5.74, 6) is 1.41. The van der Waals surface area contributed by atoms with E-state index in [2.05, 4.69) is 13.8 Å². The minimum Gasteiger partial charge on any atom is -0.494 e. The van der Waals surface area contributed by atoms with Gasteiger partial charge in [0.1, 0.15) is 90.5 Å². The van der Waals surface area contributed by atoms with Gasteiger partial charge in [-0.15, -0.1) is 0 Å². The van der Waals surface area contributed by atoms with Gasteiger partial charge >= 0.3 is 11.9 Å². The number of ether oxygens (including phenoxy) is 8. The minimum atomic E-state index is -1.42. The third kappa shape index (κ3) is 21.0. The fourth-order valence-electron chi connectivity index (χ4n) is 11.2. The van der Waals surface area contributed by atoms with Crippen molar-refractivity contribution in [3.8, 4) is 17.2 Å². The molecule has 15 atom stereocenters. The smallest absolute Gasteiger partial charge is 0.303 e. The van der Waals surface area contributed by atoms with E-state index in [1.165, 1.54) is 20.3 Å². The van der Waals surface area contributed by atoms with Gasteiger partial charge in [-0.2, -0.15) is 0 Å². The first-order valence-corrected chi connectivity index (χ1v) is 32.8.